The molecule has 104 valence electrons. The summed E-state index contributed by atoms with van der Waals surface area (Å²) in [6.45, 7) is 0. The van der Waals surface area contributed by atoms with Gasteiger partial charge >= 0.3 is 0 Å². The van der Waals surface area contributed by atoms with E-state index < -0.39 is 0 Å². The molecule has 0 aliphatic rings. The highest BCUT2D eigenvalue weighted by atomic mass is 79.9. The summed E-state index contributed by atoms with van der Waals surface area (Å²) >= 11 is 3.27. The standard InChI is InChI=1S/C18H13BrO2/c19-16-7-4-8-17(18(16)20)21-15-11-9-14(10-12-15)13-5-2-1-3-6-13/h1-12,20H. The zero-order chi connectivity index (χ0) is 14.7. The van der Waals surface area contributed by atoms with Crippen LogP contribution in [0, 0.1) is 0 Å². The Labute approximate surface area is 131 Å². The number of benzene rings is 3. The number of phenols is 1. The summed E-state index contributed by atoms with van der Waals surface area (Å²) in [5.74, 6) is 1.21. The van der Waals surface area contributed by atoms with Crippen molar-refractivity contribution in [2.24, 2.45) is 0 Å². The largest absolute Gasteiger partial charge is 0.503 e. The summed E-state index contributed by atoms with van der Waals surface area (Å²) in [6, 6.07) is 23.2. The van der Waals surface area contributed by atoms with E-state index in [1.165, 1.54) is 0 Å². The van der Waals surface area contributed by atoms with E-state index in [2.05, 4.69) is 28.1 Å². The Kier molecular flexibility index (Phi) is 3.93. The van der Waals surface area contributed by atoms with Crippen LogP contribution >= 0.6 is 15.9 Å². The average Bonchev–Trinajstić information content (AvgIpc) is 2.53. The van der Waals surface area contributed by atoms with Crippen molar-refractivity contribution in [3.05, 3.63) is 77.3 Å². The maximum absolute atomic E-state index is 9.92. The lowest BCUT2D eigenvalue weighted by Crippen LogP contribution is -1.85. The van der Waals surface area contributed by atoms with Crippen LogP contribution in [0.4, 0.5) is 0 Å². The topological polar surface area (TPSA) is 29.5 Å². The number of aromatic hydroxyl groups is 1. The number of phenolic OH excluding ortho intramolecular Hbond substituents is 1. The first-order chi connectivity index (χ1) is 10.2. The first kappa shape index (κ1) is 13.7. The molecule has 3 heteroatoms. The molecule has 0 saturated carbocycles. The number of hydrogen-bond donors (Lipinski definition) is 1. The predicted octanol–water partition coefficient (Wildman–Crippen LogP) is 5.61. The smallest absolute Gasteiger partial charge is 0.172 e. The number of halogens is 1. The summed E-state index contributed by atoms with van der Waals surface area (Å²) in [5.41, 5.74) is 2.29. The fourth-order valence-corrected chi connectivity index (χ4v) is 2.40. The van der Waals surface area contributed by atoms with Crippen LogP contribution in [0.3, 0.4) is 0 Å². The van der Waals surface area contributed by atoms with Crippen molar-refractivity contribution in [1.82, 2.24) is 0 Å². The van der Waals surface area contributed by atoms with E-state index in [0.29, 0.717) is 16.0 Å². The zero-order valence-electron chi connectivity index (χ0n) is 11.2. The van der Waals surface area contributed by atoms with Gasteiger partial charge in [0.05, 0.1) is 4.47 Å². The van der Waals surface area contributed by atoms with Crippen molar-refractivity contribution in [1.29, 1.82) is 0 Å². The monoisotopic (exact) mass is 340 g/mol. The van der Waals surface area contributed by atoms with Crippen molar-refractivity contribution in [2.75, 3.05) is 0 Å². The van der Waals surface area contributed by atoms with Crippen LogP contribution in [0.5, 0.6) is 17.2 Å². The van der Waals surface area contributed by atoms with Gasteiger partial charge in [-0.3, -0.25) is 0 Å². The molecule has 2 nitrogen and oxygen atoms in total. The first-order valence-electron chi connectivity index (χ1n) is 6.55. The van der Waals surface area contributed by atoms with Gasteiger partial charge in [0.15, 0.2) is 11.5 Å². The second-order valence-corrected chi connectivity index (χ2v) is 5.43. The summed E-state index contributed by atoms with van der Waals surface area (Å²) in [7, 11) is 0. The van der Waals surface area contributed by atoms with Gasteiger partial charge in [-0.15, -0.1) is 0 Å². The molecule has 0 spiro atoms. The molecule has 3 aromatic carbocycles. The highest BCUT2D eigenvalue weighted by Crippen LogP contribution is 2.36. The molecule has 0 bridgehead atoms. The van der Waals surface area contributed by atoms with Gasteiger partial charge in [0.25, 0.3) is 0 Å². The molecular formula is C18H13BrO2. The van der Waals surface area contributed by atoms with E-state index in [1.54, 1.807) is 12.1 Å². The maximum Gasteiger partial charge on any atom is 0.172 e. The Morgan fingerprint density at radius 3 is 2.10 bits per heavy atom. The molecule has 0 aromatic heterocycles. The molecule has 3 aromatic rings. The van der Waals surface area contributed by atoms with Gasteiger partial charge in [-0.1, -0.05) is 48.5 Å². The van der Waals surface area contributed by atoms with Crippen molar-refractivity contribution in [2.45, 2.75) is 0 Å². The summed E-state index contributed by atoms with van der Waals surface area (Å²) in [6.07, 6.45) is 0. The lowest BCUT2D eigenvalue weighted by atomic mass is 10.1. The molecule has 0 saturated heterocycles. The third kappa shape index (κ3) is 3.09. The van der Waals surface area contributed by atoms with Gasteiger partial charge in [0.2, 0.25) is 0 Å². The zero-order valence-corrected chi connectivity index (χ0v) is 12.7. The van der Waals surface area contributed by atoms with E-state index in [9.17, 15) is 5.11 Å². The van der Waals surface area contributed by atoms with Crippen LogP contribution in [-0.4, -0.2) is 5.11 Å². The molecule has 0 unspecified atom stereocenters. The van der Waals surface area contributed by atoms with Crippen molar-refractivity contribution in [3.8, 4) is 28.4 Å². The van der Waals surface area contributed by atoms with E-state index >= 15 is 0 Å². The van der Waals surface area contributed by atoms with Crippen LogP contribution in [0.1, 0.15) is 0 Å². The Balaban J connectivity index is 1.83. The molecule has 0 atom stereocenters. The molecule has 3 rings (SSSR count). The molecule has 0 fully saturated rings. The number of rotatable bonds is 3. The highest BCUT2D eigenvalue weighted by molar-refractivity contribution is 9.10. The number of ether oxygens (including phenoxy) is 1. The van der Waals surface area contributed by atoms with Crippen LogP contribution in [-0.2, 0) is 0 Å². The maximum atomic E-state index is 9.92. The summed E-state index contributed by atoms with van der Waals surface area (Å²) in [5, 5.41) is 9.92. The van der Waals surface area contributed by atoms with Crippen molar-refractivity contribution >= 4 is 15.9 Å². The molecule has 0 heterocycles. The molecule has 0 radical (unpaired) electrons. The van der Waals surface area contributed by atoms with Crippen LogP contribution < -0.4 is 4.74 Å². The minimum atomic E-state index is 0.102. The second-order valence-electron chi connectivity index (χ2n) is 4.58. The van der Waals surface area contributed by atoms with Crippen LogP contribution in [0.15, 0.2) is 77.3 Å². The molecule has 0 amide bonds. The van der Waals surface area contributed by atoms with Crippen molar-refractivity contribution in [3.63, 3.8) is 0 Å². The normalized spacial score (nSPS) is 10.3. The average molecular weight is 341 g/mol. The van der Waals surface area contributed by atoms with Crippen LogP contribution in [0.2, 0.25) is 0 Å². The van der Waals surface area contributed by atoms with Gasteiger partial charge in [0, 0.05) is 0 Å². The molecular weight excluding hydrogens is 328 g/mol. The van der Waals surface area contributed by atoms with Crippen LogP contribution in [0.25, 0.3) is 11.1 Å². The van der Waals surface area contributed by atoms with E-state index in [0.717, 1.165) is 11.1 Å². The van der Waals surface area contributed by atoms with Gasteiger partial charge < -0.3 is 9.84 Å². The van der Waals surface area contributed by atoms with Crippen molar-refractivity contribution < 1.29 is 9.84 Å². The van der Waals surface area contributed by atoms with Gasteiger partial charge in [-0.05, 0) is 51.3 Å². The van der Waals surface area contributed by atoms with E-state index in [1.807, 2.05) is 48.5 Å². The minimum Gasteiger partial charge on any atom is -0.503 e. The molecule has 0 aliphatic heterocycles. The third-order valence-electron chi connectivity index (χ3n) is 3.14. The summed E-state index contributed by atoms with van der Waals surface area (Å²) < 4.78 is 6.31. The number of para-hydroxylation sites is 1. The lowest BCUT2D eigenvalue weighted by molar-refractivity contribution is 0.409. The van der Waals surface area contributed by atoms with Gasteiger partial charge in [0.1, 0.15) is 5.75 Å². The second kappa shape index (κ2) is 6.02. The fraction of sp³-hybridized carbons (Fsp3) is 0. The Bertz CT molecular complexity index is 737. The minimum absolute atomic E-state index is 0.102. The summed E-state index contributed by atoms with van der Waals surface area (Å²) in [4.78, 5) is 0. The lowest BCUT2D eigenvalue weighted by Gasteiger charge is -2.09. The Hall–Kier alpha value is -2.26. The quantitative estimate of drug-likeness (QED) is 0.670. The predicted molar refractivity (Wildman–Crippen MR) is 87.8 cm³/mol. The van der Waals surface area contributed by atoms with E-state index in [4.69, 9.17) is 4.74 Å². The van der Waals surface area contributed by atoms with E-state index in [-0.39, 0.29) is 5.75 Å². The van der Waals surface area contributed by atoms with Gasteiger partial charge in [-0.2, -0.15) is 0 Å². The molecule has 0 aliphatic carbocycles. The Morgan fingerprint density at radius 1 is 0.714 bits per heavy atom. The SMILES string of the molecule is Oc1c(Br)cccc1Oc1ccc(-c2ccccc2)cc1. The first-order valence-corrected chi connectivity index (χ1v) is 7.34. The van der Waals surface area contributed by atoms with Gasteiger partial charge in [-0.25, -0.2) is 0 Å². The number of hydrogen-bond acceptors (Lipinski definition) is 2. The molecule has 21 heavy (non-hydrogen) atoms. The molecule has 1 N–H and O–H groups in total. The Morgan fingerprint density at radius 2 is 1.38 bits per heavy atom. The highest BCUT2D eigenvalue weighted by Gasteiger charge is 2.07. The third-order valence-corrected chi connectivity index (χ3v) is 3.78. The fourth-order valence-electron chi connectivity index (χ4n) is 2.05.